The molecule has 24 heavy (non-hydrogen) atoms. The standard InChI is InChI=1S/C19H25N5/c1-4-19(3,13-20)12-11-15-14(2)9-10-18(21-15)24-17-8-6-5-7-16(17)22-23-24/h5-10H,4,11-13,20H2,1-3H3. The third-order valence-electron chi connectivity index (χ3n) is 5.07. The van der Waals surface area contributed by atoms with Crippen LogP contribution in [0.1, 0.15) is 37.9 Å². The Balaban J connectivity index is 1.92. The first-order chi connectivity index (χ1) is 11.6. The fraction of sp³-hybridized carbons (Fsp3) is 0.421. The van der Waals surface area contributed by atoms with Crippen LogP contribution in [0.5, 0.6) is 0 Å². The summed E-state index contributed by atoms with van der Waals surface area (Å²) in [4.78, 5) is 4.86. The molecule has 1 unspecified atom stereocenters. The van der Waals surface area contributed by atoms with Crippen molar-refractivity contribution in [2.75, 3.05) is 6.54 Å². The molecule has 126 valence electrons. The number of aromatic nitrogens is 4. The van der Waals surface area contributed by atoms with Crippen LogP contribution >= 0.6 is 0 Å². The van der Waals surface area contributed by atoms with Crippen molar-refractivity contribution in [3.05, 3.63) is 47.7 Å². The van der Waals surface area contributed by atoms with Gasteiger partial charge in [-0.25, -0.2) is 4.98 Å². The Hall–Kier alpha value is -2.27. The van der Waals surface area contributed by atoms with Gasteiger partial charge in [-0.1, -0.05) is 37.3 Å². The lowest BCUT2D eigenvalue weighted by Crippen LogP contribution is -2.27. The monoisotopic (exact) mass is 323 g/mol. The summed E-state index contributed by atoms with van der Waals surface area (Å²) in [6.07, 6.45) is 3.04. The van der Waals surface area contributed by atoms with Gasteiger partial charge in [0, 0.05) is 5.69 Å². The Labute approximate surface area is 142 Å². The van der Waals surface area contributed by atoms with Crippen molar-refractivity contribution in [2.45, 2.75) is 40.0 Å². The van der Waals surface area contributed by atoms with Crippen LogP contribution < -0.4 is 5.73 Å². The molecule has 0 spiro atoms. The maximum absolute atomic E-state index is 5.95. The SMILES string of the molecule is CCC(C)(CN)CCc1nc(-n2nnc3ccccc32)ccc1C. The van der Waals surface area contributed by atoms with Gasteiger partial charge in [-0.2, -0.15) is 4.68 Å². The number of fused-ring (bicyclic) bond motifs is 1. The molecule has 2 aromatic heterocycles. The van der Waals surface area contributed by atoms with Gasteiger partial charge in [0.2, 0.25) is 0 Å². The van der Waals surface area contributed by atoms with E-state index in [1.165, 1.54) is 5.56 Å². The van der Waals surface area contributed by atoms with Crippen molar-refractivity contribution in [3.8, 4) is 5.82 Å². The Kier molecular flexibility index (Phi) is 4.62. The fourth-order valence-corrected chi connectivity index (χ4v) is 2.81. The molecule has 0 aliphatic rings. The van der Waals surface area contributed by atoms with Crippen molar-refractivity contribution >= 4 is 11.0 Å². The number of nitrogens with two attached hydrogens (primary N) is 1. The molecule has 5 nitrogen and oxygen atoms in total. The van der Waals surface area contributed by atoms with Crippen molar-refractivity contribution in [1.29, 1.82) is 0 Å². The van der Waals surface area contributed by atoms with E-state index in [2.05, 4.69) is 37.1 Å². The zero-order chi connectivity index (χ0) is 17.2. The number of rotatable bonds is 6. The minimum atomic E-state index is 0.171. The fourth-order valence-electron chi connectivity index (χ4n) is 2.81. The average molecular weight is 323 g/mol. The zero-order valence-electron chi connectivity index (χ0n) is 14.7. The highest BCUT2D eigenvalue weighted by Gasteiger charge is 2.20. The number of hydrogen-bond donors (Lipinski definition) is 1. The number of nitrogens with zero attached hydrogens (tertiary/aromatic N) is 4. The highest BCUT2D eigenvalue weighted by Crippen LogP contribution is 2.27. The molecule has 0 bridgehead atoms. The summed E-state index contributed by atoms with van der Waals surface area (Å²) in [7, 11) is 0. The molecule has 0 aliphatic carbocycles. The first-order valence-electron chi connectivity index (χ1n) is 8.54. The summed E-state index contributed by atoms with van der Waals surface area (Å²) in [5.41, 5.74) is 10.3. The lowest BCUT2D eigenvalue weighted by atomic mass is 9.82. The van der Waals surface area contributed by atoms with E-state index in [0.29, 0.717) is 6.54 Å². The molecule has 1 aromatic carbocycles. The smallest absolute Gasteiger partial charge is 0.156 e. The largest absolute Gasteiger partial charge is 0.330 e. The number of hydrogen-bond acceptors (Lipinski definition) is 4. The second-order valence-electron chi connectivity index (χ2n) is 6.79. The van der Waals surface area contributed by atoms with Crippen LogP contribution in [0.25, 0.3) is 16.9 Å². The van der Waals surface area contributed by atoms with Crippen LogP contribution in [0.2, 0.25) is 0 Å². The van der Waals surface area contributed by atoms with Crippen molar-refractivity contribution in [3.63, 3.8) is 0 Å². The van der Waals surface area contributed by atoms with E-state index in [4.69, 9.17) is 10.7 Å². The van der Waals surface area contributed by atoms with Crippen LogP contribution in [-0.4, -0.2) is 26.5 Å². The van der Waals surface area contributed by atoms with E-state index < -0.39 is 0 Å². The van der Waals surface area contributed by atoms with Gasteiger partial charge in [-0.3, -0.25) is 0 Å². The van der Waals surface area contributed by atoms with Gasteiger partial charge in [0.1, 0.15) is 5.52 Å². The molecule has 3 aromatic rings. The zero-order valence-corrected chi connectivity index (χ0v) is 14.7. The Morgan fingerprint density at radius 3 is 2.71 bits per heavy atom. The van der Waals surface area contributed by atoms with Crippen LogP contribution in [-0.2, 0) is 6.42 Å². The normalized spacial score (nSPS) is 14.0. The summed E-state index contributed by atoms with van der Waals surface area (Å²) in [5, 5.41) is 8.48. The Morgan fingerprint density at radius 2 is 1.96 bits per heavy atom. The molecule has 1 atom stereocenters. The van der Waals surface area contributed by atoms with Crippen molar-refractivity contribution < 1.29 is 0 Å². The van der Waals surface area contributed by atoms with Crippen molar-refractivity contribution in [2.24, 2.45) is 11.1 Å². The van der Waals surface area contributed by atoms with Gasteiger partial charge in [-0.05, 0) is 61.9 Å². The topological polar surface area (TPSA) is 69.6 Å². The second kappa shape index (κ2) is 6.69. The minimum Gasteiger partial charge on any atom is -0.330 e. The van der Waals surface area contributed by atoms with Crippen LogP contribution in [0.3, 0.4) is 0 Å². The van der Waals surface area contributed by atoms with Crippen LogP contribution in [0.4, 0.5) is 0 Å². The molecule has 3 rings (SSSR count). The lowest BCUT2D eigenvalue weighted by molar-refractivity contribution is 0.295. The maximum atomic E-state index is 5.95. The van der Waals surface area contributed by atoms with E-state index in [1.54, 1.807) is 4.68 Å². The molecule has 0 amide bonds. The summed E-state index contributed by atoms with van der Waals surface area (Å²) < 4.78 is 1.81. The number of pyridine rings is 1. The predicted molar refractivity (Wildman–Crippen MR) is 97.2 cm³/mol. The van der Waals surface area contributed by atoms with Gasteiger partial charge in [0.25, 0.3) is 0 Å². The summed E-state index contributed by atoms with van der Waals surface area (Å²) in [6, 6.07) is 12.0. The Bertz CT molecular complexity index is 833. The van der Waals surface area contributed by atoms with Crippen molar-refractivity contribution in [1.82, 2.24) is 20.0 Å². The van der Waals surface area contributed by atoms with E-state index >= 15 is 0 Å². The molecule has 5 heteroatoms. The highest BCUT2D eigenvalue weighted by atomic mass is 15.4. The molecule has 0 aliphatic heterocycles. The average Bonchev–Trinajstić information content (AvgIpc) is 3.05. The molecule has 0 radical (unpaired) electrons. The van der Waals surface area contributed by atoms with Gasteiger partial charge < -0.3 is 5.73 Å². The first kappa shape index (κ1) is 16.6. The van der Waals surface area contributed by atoms with Crippen LogP contribution in [0.15, 0.2) is 36.4 Å². The van der Waals surface area contributed by atoms with E-state index in [-0.39, 0.29) is 5.41 Å². The van der Waals surface area contributed by atoms with E-state index in [1.807, 2.05) is 30.3 Å². The molecular weight excluding hydrogens is 298 g/mol. The predicted octanol–water partition coefficient (Wildman–Crippen LogP) is 3.43. The lowest BCUT2D eigenvalue weighted by Gasteiger charge is -2.26. The van der Waals surface area contributed by atoms with Gasteiger partial charge >= 0.3 is 0 Å². The van der Waals surface area contributed by atoms with Gasteiger partial charge in [0.15, 0.2) is 5.82 Å². The summed E-state index contributed by atoms with van der Waals surface area (Å²) >= 11 is 0. The van der Waals surface area contributed by atoms with E-state index in [0.717, 1.165) is 41.8 Å². The summed E-state index contributed by atoms with van der Waals surface area (Å²) in [5.74, 6) is 0.815. The second-order valence-corrected chi connectivity index (χ2v) is 6.79. The quantitative estimate of drug-likeness (QED) is 0.754. The highest BCUT2D eigenvalue weighted by molar-refractivity contribution is 5.75. The number of benzene rings is 1. The summed E-state index contributed by atoms with van der Waals surface area (Å²) in [6.45, 7) is 7.26. The molecule has 2 heterocycles. The molecule has 0 saturated heterocycles. The van der Waals surface area contributed by atoms with Crippen LogP contribution in [0, 0.1) is 12.3 Å². The molecule has 0 fully saturated rings. The molecule has 2 N–H and O–H groups in total. The number of para-hydroxylation sites is 1. The first-order valence-corrected chi connectivity index (χ1v) is 8.54. The minimum absolute atomic E-state index is 0.171. The van der Waals surface area contributed by atoms with Gasteiger partial charge in [0.05, 0.1) is 5.52 Å². The maximum Gasteiger partial charge on any atom is 0.156 e. The Morgan fingerprint density at radius 1 is 1.17 bits per heavy atom. The third kappa shape index (κ3) is 3.17. The van der Waals surface area contributed by atoms with E-state index in [9.17, 15) is 0 Å². The molecular formula is C19H25N5. The third-order valence-corrected chi connectivity index (χ3v) is 5.07. The molecule has 0 saturated carbocycles. The van der Waals surface area contributed by atoms with Gasteiger partial charge in [-0.15, -0.1) is 5.10 Å². The number of aryl methyl sites for hydroxylation is 2.